The van der Waals surface area contributed by atoms with E-state index < -0.39 is 0 Å². The first-order valence-electron chi connectivity index (χ1n) is 9.64. The molecular weight excluding hydrogens is 314 g/mol. The van der Waals surface area contributed by atoms with Crippen molar-refractivity contribution in [1.29, 1.82) is 0 Å². The Labute approximate surface area is 151 Å². The second-order valence-electron chi connectivity index (χ2n) is 7.76. The molecule has 0 radical (unpaired) electrons. The Kier molecular flexibility index (Phi) is 6.13. The monoisotopic (exact) mass is 345 g/mol. The number of hydrogen-bond donors (Lipinski definition) is 0. The largest absolute Gasteiger partial charge is 0.466 e. The molecule has 2 aliphatic heterocycles. The fraction of sp³-hybridized carbons (Fsp3) is 0.667. The van der Waals surface area contributed by atoms with Gasteiger partial charge in [-0.15, -0.1) is 0 Å². The number of rotatable bonds is 5. The zero-order valence-corrected chi connectivity index (χ0v) is 15.6. The third-order valence-corrected chi connectivity index (χ3v) is 5.76. The Morgan fingerprint density at radius 3 is 2.92 bits per heavy atom. The molecule has 2 aliphatic rings. The Morgan fingerprint density at radius 1 is 1.36 bits per heavy atom. The average molecular weight is 345 g/mol. The molecule has 2 heterocycles. The average Bonchev–Trinajstić information content (AvgIpc) is 2.63. The quantitative estimate of drug-likeness (QED) is 0.766. The summed E-state index contributed by atoms with van der Waals surface area (Å²) in [5.41, 5.74) is 1.01. The number of hydrogen-bond acceptors (Lipinski definition) is 4. The molecular formula is C21H31NO3. The third kappa shape index (κ3) is 4.42. The van der Waals surface area contributed by atoms with Gasteiger partial charge >= 0.3 is 5.97 Å². The normalized spacial score (nSPS) is 30.8. The van der Waals surface area contributed by atoms with Crippen molar-refractivity contribution < 1.29 is 14.3 Å². The van der Waals surface area contributed by atoms with E-state index in [-0.39, 0.29) is 11.4 Å². The van der Waals surface area contributed by atoms with Crippen LogP contribution in [-0.4, -0.2) is 50.3 Å². The van der Waals surface area contributed by atoms with Crippen molar-refractivity contribution in [1.82, 2.24) is 4.90 Å². The molecule has 3 atom stereocenters. The van der Waals surface area contributed by atoms with Gasteiger partial charge in [0, 0.05) is 25.6 Å². The minimum Gasteiger partial charge on any atom is -0.466 e. The fourth-order valence-electron chi connectivity index (χ4n) is 4.37. The Balaban J connectivity index is 1.66. The zero-order chi connectivity index (χ0) is 17.7. The summed E-state index contributed by atoms with van der Waals surface area (Å²) >= 11 is 0. The van der Waals surface area contributed by atoms with Gasteiger partial charge in [-0.2, -0.15) is 0 Å². The molecule has 0 amide bonds. The molecule has 0 aromatic heterocycles. The van der Waals surface area contributed by atoms with Gasteiger partial charge in [-0.1, -0.05) is 30.3 Å². The van der Waals surface area contributed by atoms with E-state index >= 15 is 0 Å². The second-order valence-corrected chi connectivity index (χ2v) is 7.76. The van der Waals surface area contributed by atoms with Crippen molar-refractivity contribution in [2.45, 2.75) is 39.0 Å². The van der Waals surface area contributed by atoms with Gasteiger partial charge in [0.05, 0.1) is 18.6 Å². The minimum atomic E-state index is -0.359. The van der Waals surface area contributed by atoms with Crippen LogP contribution in [0.25, 0.3) is 0 Å². The Hall–Kier alpha value is -1.39. The highest BCUT2D eigenvalue weighted by molar-refractivity contribution is 5.76. The Morgan fingerprint density at radius 2 is 2.16 bits per heavy atom. The molecule has 0 saturated carbocycles. The van der Waals surface area contributed by atoms with Crippen molar-refractivity contribution in [3.63, 3.8) is 0 Å². The molecule has 1 aromatic carbocycles. The maximum atomic E-state index is 12.4. The summed E-state index contributed by atoms with van der Waals surface area (Å²) in [5.74, 6) is 0.998. The number of ether oxygens (including phenoxy) is 2. The lowest BCUT2D eigenvalue weighted by molar-refractivity contribution is -0.158. The lowest BCUT2D eigenvalue weighted by Gasteiger charge is -2.42. The SMILES string of the molecule is CCOC(=O)C1(C)CCCN(CC2CCOCC2c2ccccc2)C1. The van der Waals surface area contributed by atoms with Crippen LogP contribution in [-0.2, 0) is 14.3 Å². The third-order valence-electron chi connectivity index (χ3n) is 5.76. The summed E-state index contributed by atoms with van der Waals surface area (Å²) in [5, 5.41) is 0. The topological polar surface area (TPSA) is 38.8 Å². The van der Waals surface area contributed by atoms with Gasteiger partial charge in [0.25, 0.3) is 0 Å². The van der Waals surface area contributed by atoms with Gasteiger partial charge in [-0.25, -0.2) is 0 Å². The highest BCUT2D eigenvalue weighted by Crippen LogP contribution is 2.35. The van der Waals surface area contributed by atoms with Crippen LogP contribution in [0.2, 0.25) is 0 Å². The standard InChI is InChI=1S/C21H31NO3/c1-3-25-20(23)21(2)11-7-12-22(16-21)14-18-10-13-24-15-19(18)17-8-5-4-6-9-17/h4-6,8-9,18-19H,3,7,10-16H2,1-2H3. The molecule has 2 saturated heterocycles. The van der Waals surface area contributed by atoms with Crippen molar-refractivity contribution in [2.24, 2.45) is 11.3 Å². The van der Waals surface area contributed by atoms with Crippen LogP contribution < -0.4 is 0 Å². The van der Waals surface area contributed by atoms with Gasteiger partial charge in [0.15, 0.2) is 0 Å². The summed E-state index contributed by atoms with van der Waals surface area (Å²) in [4.78, 5) is 14.9. The van der Waals surface area contributed by atoms with Crippen LogP contribution >= 0.6 is 0 Å². The fourth-order valence-corrected chi connectivity index (χ4v) is 4.37. The van der Waals surface area contributed by atoms with E-state index in [1.165, 1.54) is 5.56 Å². The second kappa shape index (κ2) is 8.33. The van der Waals surface area contributed by atoms with Gasteiger partial charge in [0.2, 0.25) is 0 Å². The molecule has 0 spiro atoms. The molecule has 0 N–H and O–H groups in total. The van der Waals surface area contributed by atoms with Crippen molar-refractivity contribution in [2.75, 3.05) is 39.5 Å². The van der Waals surface area contributed by atoms with Crippen molar-refractivity contribution in [3.8, 4) is 0 Å². The molecule has 138 valence electrons. The van der Waals surface area contributed by atoms with Gasteiger partial charge in [0.1, 0.15) is 0 Å². The molecule has 0 bridgehead atoms. The van der Waals surface area contributed by atoms with Crippen LogP contribution in [0, 0.1) is 11.3 Å². The van der Waals surface area contributed by atoms with E-state index in [9.17, 15) is 4.79 Å². The van der Waals surface area contributed by atoms with Gasteiger partial charge < -0.3 is 14.4 Å². The summed E-state index contributed by atoms with van der Waals surface area (Å²) in [6, 6.07) is 10.7. The predicted molar refractivity (Wildman–Crippen MR) is 98.5 cm³/mol. The smallest absolute Gasteiger partial charge is 0.313 e. The number of likely N-dealkylation sites (tertiary alicyclic amines) is 1. The van der Waals surface area contributed by atoms with Crippen LogP contribution in [0.3, 0.4) is 0 Å². The molecule has 0 aliphatic carbocycles. The molecule has 4 nitrogen and oxygen atoms in total. The number of esters is 1. The van der Waals surface area contributed by atoms with E-state index in [1.807, 2.05) is 6.92 Å². The lowest BCUT2D eigenvalue weighted by Crippen LogP contribution is -2.49. The van der Waals surface area contributed by atoms with E-state index in [2.05, 4.69) is 42.2 Å². The highest BCUT2D eigenvalue weighted by atomic mass is 16.5. The van der Waals surface area contributed by atoms with Crippen LogP contribution in [0.15, 0.2) is 30.3 Å². The number of nitrogens with zero attached hydrogens (tertiary/aromatic N) is 1. The Bertz CT molecular complexity index is 562. The molecule has 2 fully saturated rings. The van der Waals surface area contributed by atoms with Gasteiger partial charge in [-0.05, 0) is 51.1 Å². The summed E-state index contributed by atoms with van der Waals surface area (Å²) in [7, 11) is 0. The minimum absolute atomic E-state index is 0.0358. The molecule has 3 rings (SSSR count). The van der Waals surface area contributed by atoms with Crippen molar-refractivity contribution in [3.05, 3.63) is 35.9 Å². The summed E-state index contributed by atoms with van der Waals surface area (Å²) in [6.07, 6.45) is 3.08. The number of piperidine rings is 1. The molecule has 4 heteroatoms. The molecule has 3 unspecified atom stereocenters. The maximum absolute atomic E-state index is 12.4. The maximum Gasteiger partial charge on any atom is 0.313 e. The number of benzene rings is 1. The first-order valence-corrected chi connectivity index (χ1v) is 9.64. The lowest BCUT2D eigenvalue weighted by atomic mass is 9.79. The zero-order valence-electron chi connectivity index (χ0n) is 15.6. The predicted octanol–water partition coefficient (Wildman–Crippen LogP) is 3.47. The van der Waals surface area contributed by atoms with E-state index in [1.54, 1.807) is 0 Å². The van der Waals surface area contributed by atoms with E-state index in [0.29, 0.717) is 18.4 Å². The number of carbonyl (C=O) groups excluding carboxylic acids is 1. The molecule has 25 heavy (non-hydrogen) atoms. The van der Waals surface area contributed by atoms with E-state index in [4.69, 9.17) is 9.47 Å². The summed E-state index contributed by atoms with van der Waals surface area (Å²) < 4.78 is 11.1. The highest BCUT2D eigenvalue weighted by Gasteiger charge is 2.40. The molecule has 1 aromatic rings. The van der Waals surface area contributed by atoms with Crippen LogP contribution in [0.4, 0.5) is 0 Å². The summed E-state index contributed by atoms with van der Waals surface area (Å²) in [6.45, 7) is 8.99. The van der Waals surface area contributed by atoms with Crippen LogP contribution in [0.1, 0.15) is 44.6 Å². The van der Waals surface area contributed by atoms with Gasteiger partial charge in [-0.3, -0.25) is 4.79 Å². The first-order chi connectivity index (χ1) is 12.1. The van der Waals surface area contributed by atoms with E-state index in [0.717, 1.165) is 52.1 Å². The number of carbonyl (C=O) groups is 1. The van der Waals surface area contributed by atoms with Crippen LogP contribution in [0.5, 0.6) is 0 Å². The van der Waals surface area contributed by atoms with Crippen molar-refractivity contribution >= 4 is 5.97 Å². The first kappa shape index (κ1) is 18.4.